The van der Waals surface area contributed by atoms with Gasteiger partial charge < -0.3 is 26.8 Å². The van der Waals surface area contributed by atoms with E-state index in [0.29, 0.717) is 24.3 Å². The van der Waals surface area contributed by atoms with Crippen molar-refractivity contribution < 1.29 is 19.5 Å². The Balaban J connectivity index is 1.51. The van der Waals surface area contributed by atoms with Gasteiger partial charge in [-0.1, -0.05) is 5.11 Å². The van der Waals surface area contributed by atoms with Crippen LogP contribution in [0.25, 0.3) is 21.6 Å². The van der Waals surface area contributed by atoms with E-state index in [9.17, 15) is 24.3 Å². The predicted octanol–water partition coefficient (Wildman–Crippen LogP) is 0.687. The van der Waals surface area contributed by atoms with Crippen LogP contribution in [-0.4, -0.2) is 62.0 Å². The molecule has 2 aromatic heterocycles. The Labute approximate surface area is 214 Å². The number of aliphatic carboxylic acids is 1. The molecule has 198 valence electrons. The number of nitrogens with two attached hydrogens (primary N) is 1. The standard InChI is InChI=1S/C22H25N11O5/c23-22-31-18-17(20(36)32-22)29-14(11-27-18)10-26-13-4-2-12(3-5-13)19(35)30-15(21(37)38)6-7-16(34)25-8-1-9-28-33-24/h2-5,11,15,26H,1,6-10H2,(H,25,34)(H,30,35)(H,37,38)(H3,23,27,31,32,36)/t15-/m0/s1. The zero-order valence-corrected chi connectivity index (χ0v) is 20.0. The highest BCUT2D eigenvalue weighted by Gasteiger charge is 2.21. The maximum atomic E-state index is 12.5. The summed E-state index contributed by atoms with van der Waals surface area (Å²) in [5, 5.41) is 20.9. The van der Waals surface area contributed by atoms with Gasteiger partial charge in [-0.15, -0.1) is 0 Å². The average Bonchev–Trinajstić information content (AvgIpc) is 2.89. The van der Waals surface area contributed by atoms with E-state index in [1.54, 1.807) is 12.1 Å². The first-order valence-corrected chi connectivity index (χ1v) is 11.4. The smallest absolute Gasteiger partial charge is 0.326 e. The molecule has 3 rings (SSSR count). The van der Waals surface area contributed by atoms with Crippen molar-refractivity contribution in [3.05, 3.63) is 62.5 Å². The van der Waals surface area contributed by atoms with E-state index in [0.717, 1.165) is 0 Å². The van der Waals surface area contributed by atoms with Gasteiger partial charge in [0.05, 0.1) is 18.4 Å². The Hall–Kier alpha value is -5.24. The number of aromatic nitrogens is 4. The van der Waals surface area contributed by atoms with E-state index < -0.39 is 23.5 Å². The predicted molar refractivity (Wildman–Crippen MR) is 136 cm³/mol. The molecule has 0 aliphatic heterocycles. The van der Waals surface area contributed by atoms with Gasteiger partial charge in [0.1, 0.15) is 6.04 Å². The van der Waals surface area contributed by atoms with Gasteiger partial charge in [-0.3, -0.25) is 19.4 Å². The van der Waals surface area contributed by atoms with E-state index in [4.69, 9.17) is 11.3 Å². The molecule has 1 atom stereocenters. The number of carboxylic acids is 1. The number of H-pyrrole nitrogens is 1. The molecule has 0 saturated heterocycles. The Morgan fingerprint density at radius 3 is 2.68 bits per heavy atom. The maximum Gasteiger partial charge on any atom is 0.326 e. The number of rotatable bonds is 13. The van der Waals surface area contributed by atoms with Crippen molar-refractivity contribution in [2.75, 3.05) is 24.1 Å². The van der Waals surface area contributed by atoms with E-state index in [2.05, 4.69) is 45.9 Å². The first kappa shape index (κ1) is 27.3. The average molecular weight is 524 g/mol. The molecule has 1 aromatic carbocycles. The third-order valence-corrected chi connectivity index (χ3v) is 5.19. The second-order valence-electron chi connectivity index (χ2n) is 7.98. The lowest BCUT2D eigenvalue weighted by Crippen LogP contribution is -2.41. The number of aromatic amines is 1. The van der Waals surface area contributed by atoms with Crippen LogP contribution >= 0.6 is 0 Å². The third-order valence-electron chi connectivity index (χ3n) is 5.19. The van der Waals surface area contributed by atoms with Crippen LogP contribution in [0.2, 0.25) is 0 Å². The molecule has 0 saturated carbocycles. The second kappa shape index (κ2) is 13.2. The number of nitrogens with zero attached hydrogens (tertiary/aromatic N) is 6. The van der Waals surface area contributed by atoms with Gasteiger partial charge >= 0.3 is 5.97 Å². The van der Waals surface area contributed by atoms with Crippen LogP contribution < -0.4 is 27.2 Å². The fraction of sp³-hybridized carbons (Fsp3) is 0.318. The van der Waals surface area contributed by atoms with Gasteiger partial charge in [0.25, 0.3) is 11.5 Å². The molecule has 0 radical (unpaired) electrons. The van der Waals surface area contributed by atoms with Crippen LogP contribution in [0.15, 0.2) is 40.4 Å². The lowest BCUT2D eigenvalue weighted by molar-refractivity contribution is -0.139. The van der Waals surface area contributed by atoms with Crippen molar-refractivity contribution in [1.29, 1.82) is 0 Å². The van der Waals surface area contributed by atoms with Gasteiger partial charge in [0.15, 0.2) is 11.2 Å². The monoisotopic (exact) mass is 523 g/mol. The lowest BCUT2D eigenvalue weighted by atomic mass is 10.1. The first-order chi connectivity index (χ1) is 18.3. The minimum Gasteiger partial charge on any atom is -0.480 e. The van der Waals surface area contributed by atoms with Crippen LogP contribution in [-0.2, 0) is 16.1 Å². The number of benzene rings is 1. The summed E-state index contributed by atoms with van der Waals surface area (Å²) in [5.74, 6) is -2.29. The normalized spacial score (nSPS) is 11.3. The highest BCUT2D eigenvalue weighted by molar-refractivity contribution is 5.97. The minimum atomic E-state index is -1.26. The molecular weight excluding hydrogens is 498 g/mol. The van der Waals surface area contributed by atoms with E-state index in [1.807, 2.05) is 0 Å². The van der Waals surface area contributed by atoms with Crippen LogP contribution in [0.3, 0.4) is 0 Å². The summed E-state index contributed by atoms with van der Waals surface area (Å²) in [5.41, 5.74) is 14.7. The number of carbonyl (C=O) groups excluding carboxylic acids is 2. The van der Waals surface area contributed by atoms with Crippen molar-refractivity contribution in [3.8, 4) is 0 Å². The summed E-state index contributed by atoms with van der Waals surface area (Å²) >= 11 is 0. The number of anilines is 2. The van der Waals surface area contributed by atoms with Gasteiger partial charge in [0, 0.05) is 35.7 Å². The van der Waals surface area contributed by atoms with Crippen LogP contribution in [0.5, 0.6) is 0 Å². The molecule has 38 heavy (non-hydrogen) atoms. The van der Waals surface area contributed by atoms with Crippen molar-refractivity contribution in [2.45, 2.75) is 31.8 Å². The van der Waals surface area contributed by atoms with Gasteiger partial charge in [0.2, 0.25) is 11.9 Å². The summed E-state index contributed by atoms with van der Waals surface area (Å²) < 4.78 is 0. The summed E-state index contributed by atoms with van der Waals surface area (Å²) in [7, 11) is 0. The van der Waals surface area contributed by atoms with E-state index >= 15 is 0 Å². The van der Waals surface area contributed by atoms with Crippen LogP contribution in [0, 0.1) is 0 Å². The number of carboxylic acid groups (broad SMARTS) is 1. The second-order valence-corrected chi connectivity index (χ2v) is 7.98. The summed E-state index contributed by atoms with van der Waals surface area (Å²) in [6, 6.07) is 5.01. The quantitative estimate of drug-likeness (QED) is 0.0790. The van der Waals surface area contributed by atoms with Crippen molar-refractivity contribution in [2.24, 2.45) is 5.11 Å². The molecule has 0 spiro atoms. The number of nitrogen functional groups attached to an aromatic ring is 1. The van der Waals surface area contributed by atoms with Crippen molar-refractivity contribution >= 4 is 40.6 Å². The summed E-state index contributed by atoms with van der Waals surface area (Å²) in [6.07, 6.45) is 1.72. The highest BCUT2D eigenvalue weighted by atomic mass is 16.4. The van der Waals surface area contributed by atoms with E-state index in [-0.39, 0.29) is 54.5 Å². The summed E-state index contributed by atoms with van der Waals surface area (Å²) in [6.45, 7) is 0.762. The number of carbonyl (C=O) groups is 3. The van der Waals surface area contributed by atoms with Crippen LogP contribution in [0.1, 0.15) is 35.3 Å². The van der Waals surface area contributed by atoms with Gasteiger partial charge in [-0.25, -0.2) is 14.8 Å². The summed E-state index contributed by atoms with van der Waals surface area (Å²) in [4.78, 5) is 65.2. The fourth-order valence-corrected chi connectivity index (χ4v) is 3.27. The largest absolute Gasteiger partial charge is 0.480 e. The SMILES string of the molecule is [N-]=[N+]=NCCCNC(=O)CC[C@H](NC(=O)c1ccc(NCc2cnc3nc(N)[nH]c(=O)c3n2)cc1)C(=O)O. The topological polar surface area (TPSA) is 254 Å². The Morgan fingerprint density at radius 1 is 1.21 bits per heavy atom. The number of azide groups is 1. The fourth-order valence-electron chi connectivity index (χ4n) is 3.27. The molecule has 16 nitrogen and oxygen atoms in total. The number of amides is 2. The van der Waals surface area contributed by atoms with E-state index in [1.165, 1.54) is 18.3 Å². The number of nitrogens with one attached hydrogen (secondary N) is 4. The molecule has 0 aliphatic carbocycles. The molecule has 16 heteroatoms. The number of hydrogen-bond donors (Lipinski definition) is 6. The Morgan fingerprint density at radius 2 is 1.97 bits per heavy atom. The maximum absolute atomic E-state index is 12.5. The van der Waals surface area contributed by atoms with Crippen molar-refractivity contribution in [3.63, 3.8) is 0 Å². The zero-order valence-electron chi connectivity index (χ0n) is 20.0. The Bertz CT molecular complexity index is 1420. The molecule has 0 bridgehead atoms. The van der Waals surface area contributed by atoms with Gasteiger partial charge in [-0.2, -0.15) is 4.98 Å². The van der Waals surface area contributed by atoms with Crippen molar-refractivity contribution in [1.82, 2.24) is 30.6 Å². The molecule has 2 amide bonds. The lowest BCUT2D eigenvalue weighted by Gasteiger charge is -2.15. The molecular formula is C22H25N11O5. The molecule has 3 aromatic rings. The van der Waals surface area contributed by atoms with Gasteiger partial charge in [-0.05, 0) is 42.6 Å². The molecule has 0 aliphatic rings. The first-order valence-electron chi connectivity index (χ1n) is 11.4. The number of fused-ring (bicyclic) bond motifs is 1. The van der Waals surface area contributed by atoms with Crippen LogP contribution in [0.4, 0.5) is 11.6 Å². The molecule has 7 N–H and O–H groups in total. The Kier molecular flexibility index (Phi) is 9.48. The third kappa shape index (κ3) is 7.89. The molecule has 2 heterocycles. The molecule has 0 fully saturated rings. The highest BCUT2D eigenvalue weighted by Crippen LogP contribution is 2.12. The number of hydrogen-bond acceptors (Lipinski definition) is 10. The minimum absolute atomic E-state index is 0.0534. The molecule has 0 unspecified atom stereocenters. The zero-order chi connectivity index (χ0) is 27.5.